The maximum absolute atomic E-state index is 12.7. The molecule has 4 N–H and O–H groups in total. The van der Waals surface area contributed by atoms with Crippen LogP contribution in [0.1, 0.15) is 11.3 Å². The van der Waals surface area contributed by atoms with E-state index in [0.717, 1.165) is 11.6 Å². The molecule has 0 bridgehead atoms. The van der Waals surface area contributed by atoms with E-state index in [1.807, 2.05) is 6.92 Å². The van der Waals surface area contributed by atoms with Gasteiger partial charge in [0.2, 0.25) is 0 Å². The molecular formula is C23H19F3N4O5S. The Morgan fingerprint density at radius 1 is 0.861 bits per heavy atom. The fraction of sp³-hybridized carbons (Fsp3) is 0.0870. The minimum Gasteiger partial charge on any atom is -0.504 e. The van der Waals surface area contributed by atoms with Gasteiger partial charge in [0.05, 0.1) is 10.6 Å². The Kier molecular flexibility index (Phi) is 7.75. The van der Waals surface area contributed by atoms with Crippen LogP contribution < -0.4 is 5.32 Å². The van der Waals surface area contributed by atoms with Gasteiger partial charge in [0, 0.05) is 11.6 Å². The molecule has 0 fully saturated rings. The quantitative estimate of drug-likeness (QED) is 0.217. The zero-order valence-electron chi connectivity index (χ0n) is 18.5. The molecule has 36 heavy (non-hydrogen) atoms. The Bertz CT molecular complexity index is 1460. The van der Waals surface area contributed by atoms with E-state index in [1.54, 1.807) is 12.1 Å². The molecule has 4 rings (SSSR count). The number of aromatic nitrogens is 3. The van der Waals surface area contributed by atoms with Crippen LogP contribution in [-0.4, -0.2) is 38.1 Å². The van der Waals surface area contributed by atoms with E-state index in [0.29, 0.717) is 11.3 Å². The Hall–Kier alpha value is -4.23. The van der Waals surface area contributed by atoms with Crippen LogP contribution in [0.15, 0.2) is 78.0 Å². The van der Waals surface area contributed by atoms with Gasteiger partial charge in [-0.15, -0.1) is 0 Å². The molecule has 9 nitrogen and oxygen atoms in total. The predicted octanol–water partition coefficient (Wildman–Crippen LogP) is 4.95. The second kappa shape index (κ2) is 10.6. The third-order valence-corrected chi connectivity index (χ3v) is 5.42. The summed E-state index contributed by atoms with van der Waals surface area (Å²) >= 11 is 0. The number of phenols is 2. The van der Waals surface area contributed by atoms with Crippen LogP contribution in [-0.2, 0) is 16.3 Å². The van der Waals surface area contributed by atoms with E-state index in [4.69, 9.17) is 4.55 Å². The third kappa shape index (κ3) is 7.13. The number of aryl methyl sites for hydroxylation is 1. The SMILES string of the molecule is Cc1ccc(S(=O)(=O)O)cc1.Oc1ccc(-c2cc(Nc3cccc(C(F)(F)F)n3)ncn2)cc1O. The number of hydrogen-bond acceptors (Lipinski definition) is 8. The van der Waals surface area contributed by atoms with E-state index in [-0.39, 0.29) is 28.0 Å². The van der Waals surface area contributed by atoms with Gasteiger partial charge in [-0.05, 0) is 49.4 Å². The van der Waals surface area contributed by atoms with Gasteiger partial charge in [-0.3, -0.25) is 4.55 Å². The van der Waals surface area contributed by atoms with Crippen molar-refractivity contribution in [2.45, 2.75) is 18.0 Å². The van der Waals surface area contributed by atoms with Crippen LogP contribution in [0, 0.1) is 6.92 Å². The summed E-state index contributed by atoms with van der Waals surface area (Å²) in [5.41, 5.74) is 0.838. The topological polar surface area (TPSA) is 146 Å². The molecule has 0 aliphatic heterocycles. The fourth-order valence-electron chi connectivity index (χ4n) is 2.77. The molecule has 2 aromatic heterocycles. The normalized spacial score (nSPS) is 11.4. The number of pyridine rings is 1. The van der Waals surface area contributed by atoms with Crippen molar-refractivity contribution in [2.75, 3.05) is 5.32 Å². The molecular weight excluding hydrogens is 501 g/mol. The molecule has 0 atom stereocenters. The zero-order chi connectivity index (χ0) is 26.5. The van der Waals surface area contributed by atoms with Gasteiger partial charge in [-0.25, -0.2) is 15.0 Å². The van der Waals surface area contributed by atoms with Crippen LogP contribution in [0.3, 0.4) is 0 Å². The van der Waals surface area contributed by atoms with Gasteiger partial charge in [-0.2, -0.15) is 21.6 Å². The minimum atomic E-state index is -4.54. The van der Waals surface area contributed by atoms with Crippen LogP contribution in [0.4, 0.5) is 24.8 Å². The maximum atomic E-state index is 12.7. The summed E-state index contributed by atoms with van der Waals surface area (Å²) in [6.07, 6.45) is -3.33. The lowest BCUT2D eigenvalue weighted by Crippen LogP contribution is -2.09. The third-order valence-electron chi connectivity index (χ3n) is 4.55. The first-order valence-electron chi connectivity index (χ1n) is 10.0. The lowest BCUT2D eigenvalue weighted by atomic mass is 10.1. The molecule has 0 amide bonds. The van der Waals surface area contributed by atoms with Crippen LogP contribution in [0.2, 0.25) is 0 Å². The van der Waals surface area contributed by atoms with Crippen LogP contribution in [0.5, 0.6) is 11.5 Å². The van der Waals surface area contributed by atoms with Crippen molar-refractivity contribution in [3.8, 4) is 22.8 Å². The summed E-state index contributed by atoms with van der Waals surface area (Å²) in [5, 5.41) is 21.6. The van der Waals surface area contributed by atoms with E-state index < -0.39 is 22.0 Å². The highest BCUT2D eigenvalue weighted by Crippen LogP contribution is 2.31. The molecule has 0 unspecified atom stereocenters. The number of nitrogens with one attached hydrogen (secondary N) is 1. The summed E-state index contributed by atoms with van der Waals surface area (Å²) in [7, 11) is -4.02. The number of aromatic hydroxyl groups is 2. The number of alkyl halides is 3. The van der Waals surface area contributed by atoms with Crippen LogP contribution in [0.25, 0.3) is 11.3 Å². The first-order chi connectivity index (χ1) is 16.8. The van der Waals surface area contributed by atoms with Gasteiger partial charge in [0.25, 0.3) is 10.1 Å². The standard InChI is InChI=1S/C16H11F3N4O2.C7H8O3S/c17-16(18,19)13-2-1-3-14(22-13)23-15-7-10(20-8-21-15)9-4-5-11(24)12(25)6-9;1-6-2-4-7(5-3-6)11(8,9)10/h1-8,24-25H,(H,20,21,22,23);2-5H,1H3,(H,8,9,10). The lowest BCUT2D eigenvalue weighted by molar-refractivity contribution is -0.141. The summed E-state index contributed by atoms with van der Waals surface area (Å²) in [5.74, 6) is -0.382. The monoisotopic (exact) mass is 520 g/mol. The number of benzene rings is 2. The lowest BCUT2D eigenvalue weighted by Gasteiger charge is -2.10. The Balaban J connectivity index is 0.000000275. The smallest absolute Gasteiger partial charge is 0.433 e. The van der Waals surface area contributed by atoms with Crippen molar-refractivity contribution in [2.24, 2.45) is 0 Å². The van der Waals surface area contributed by atoms with Gasteiger partial charge < -0.3 is 15.5 Å². The van der Waals surface area contributed by atoms with Crippen LogP contribution >= 0.6 is 0 Å². The molecule has 0 saturated heterocycles. The average Bonchev–Trinajstić information content (AvgIpc) is 2.81. The molecule has 4 aromatic rings. The van der Waals surface area contributed by atoms with Crippen molar-refractivity contribution in [3.05, 3.63) is 84.3 Å². The molecule has 2 aromatic carbocycles. The fourth-order valence-corrected chi connectivity index (χ4v) is 3.25. The van der Waals surface area contributed by atoms with E-state index >= 15 is 0 Å². The Labute approximate surface area is 203 Å². The second-order valence-corrected chi connectivity index (χ2v) is 8.73. The number of halogens is 3. The van der Waals surface area contributed by atoms with E-state index in [2.05, 4.69) is 20.3 Å². The molecule has 0 aliphatic rings. The van der Waals surface area contributed by atoms with Crippen molar-refractivity contribution in [1.82, 2.24) is 15.0 Å². The zero-order valence-corrected chi connectivity index (χ0v) is 19.3. The Morgan fingerprint density at radius 2 is 1.56 bits per heavy atom. The first kappa shape index (κ1) is 26.4. The van der Waals surface area contributed by atoms with Crippen molar-refractivity contribution in [1.29, 1.82) is 0 Å². The number of anilines is 2. The molecule has 0 radical (unpaired) electrons. The minimum absolute atomic E-state index is 0.0203. The molecule has 188 valence electrons. The van der Waals surface area contributed by atoms with Crippen molar-refractivity contribution >= 4 is 21.8 Å². The molecule has 13 heteroatoms. The largest absolute Gasteiger partial charge is 0.504 e. The van der Waals surface area contributed by atoms with Gasteiger partial charge in [0.1, 0.15) is 23.7 Å². The maximum Gasteiger partial charge on any atom is 0.433 e. The molecule has 0 saturated carbocycles. The summed E-state index contributed by atoms with van der Waals surface area (Å²) in [6.45, 7) is 1.84. The summed E-state index contributed by atoms with van der Waals surface area (Å²) < 4.78 is 67.7. The molecule has 2 heterocycles. The van der Waals surface area contributed by atoms with E-state index in [9.17, 15) is 31.8 Å². The summed E-state index contributed by atoms with van der Waals surface area (Å²) in [4.78, 5) is 11.4. The number of phenolic OH excluding ortho intramolecular Hbond substituents is 2. The van der Waals surface area contributed by atoms with Crippen molar-refractivity contribution < 1.29 is 36.4 Å². The second-order valence-electron chi connectivity index (χ2n) is 7.31. The average molecular weight is 520 g/mol. The Morgan fingerprint density at radius 3 is 2.17 bits per heavy atom. The highest BCUT2D eigenvalue weighted by Gasteiger charge is 2.32. The van der Waals surface area contributed by atoms with Crippen molar-refractivity contribution in [3.63, 3.8) is 0 Å². The molecule has 0 aliphatic carbocycles. The first-order valence-corrected chi connectivity index (χ1v) is 11.5. The van der Waals surface area contributed by atoms with E-state index in [1.165, 1.54) is 54.9 Å². The van der Waals surface area contributed by atoms with Gasteiger partial charge in [0.15, 0.2) is 11.5 Å². The predicted molar refractivity (Wildman–Crippen MR) is 124 cm³/mol. The molecule has 0 spiro atoms. The number of hydrogen-bond donors (Lipinski definition) is 4. The number of rotatable bonds is 4. The summed E-state index contributed by atoms with van der Waals surface area (Å²) in [6, 6.07) is 15.1. The van der Waals surface area contributed by atoms with Gasteiger partial charge >= 0.3 is 6.18 Å². The highest BCUT2D eigenvalue weighted by molar-refractivity contribution is 7.85. The highest BCUT2D eigenvalue weighted by atomic mass is 32.2. The number of nitrogens with zero attached hydrogens (tertiary/aromatic N) is 3. The van der Waals surface area contributed by atoms with Gasteiger partial charge in [-0.1, -0.05) is 23.8 Å².